The Kier molecular flexibility index (Phi) is 6.21. The summed E-state index contributed by atoms with van der Waals surface area (Å²) < 4.78 is 62.5. The molecule has 0 bridgehead atoms. The Morgan fingerprint density at radius 3 is 2.41 bits per heavy atom. The number of rotatable bonds is 7. The fourth-order valence-electron chi connectivity index (χ4n) is 1.62. The first-order valence-corrected chi connectivity index (χ1v) is 7.96. The van der Waals surface area contributed by atoms with Gasteiger partial charge in [0.2, 0.25) is 15.9 Å². The number of alkyl halides is 3. The number of hydrogen-bond acceptors (Lipinski definition) is 3. The third kappa shape index (κ3) is 4.85. The molecule has 0 aliphatic heterocycles. The van der Waals surface area contributed by atoms with Crippen LogP contribution in [0.1, 0.15) is 17.3 Å². The number of sulfonamides is 1. The van der Waals surface area contributed by atoms with Crippen LogP contribution in [-0.4, -0.2) is 38.6 Å². The molecule has 1 atom stereocenters. The number of nitrogens with zero attached hydrogens (tertiary/aromatic N) is 1. The fourth-order valence-corrected chi connectivity index (χ4v) is 3.15. The molecule has 0 fully saturated rings. The van der Waals surface area contributed by atoms with Crippen molar-refractivity contribution >= 4 is 27.5 Å². The van der Waals surface area contributed by atoms with Gasteiger partial charge >= 0.3 is 0 Å². The van der Waals surface area contributed by atoms with Crippen LogP contribution >= 0.6 is 11.6 Å². The highest BCUT2D eigenvalue weighted by Crippen LogP contribution is 2.29. The second-order valence-corrected chi connectivity index (χ2v) is 7.05. The molecule has 10 heteroatoms. The van der Waals surface area contributed by atoms with Crippen molar-refractivity contribution in [3.63, 3.8) is 0 Å². The summed E-state index contributed by atoms with van der Waals surface area (Å²) in [6.45, 7) is -0.504. The van der Waals surface area contributed by atoms with E-state index in [0.29, 0.717) is 0 Å². The molecule has 0 spiro atoms. The monoisotopic (exact) mass is 358 g/mol. The molecule has 1 rings (SSSR count). The van der Waals surface area contributed by atoms with E-state index in [4.69, 9.17) is 17.3 Å². The molecule has 1 unspecified atom stereocenters. The summed E-state index contributed by atoms with van der Waals surface area (Å²) in [5.74, 6) is -1.40. The molecule has 0 aliphatic rings. The van der Waals surface area contributed by atoms with Gasteiger partial charge in [0.05, 0.1) is 12.3 Å². The normalized spacial score (nSPS) is 13.6. The van der Waals surface area contributed by atoms with Crippen molar-refractivity contribution in [1.82, 2.24) is 4.31 Å². The fraction of sp³-hybridized carbons (Fsp3) is 0.417. The smallest absolute Gasteiger partial charge is 0.273 e. The lowest BCUT2D eigenvalue weighted by Gasteiger charge is -2.16. The molecule has 0 heterocycles. The maximum Gasteiger partial charge on any atom is 0.273 e. The molecule has 0 radical (unpaired) electrons. The van der Waals surface area contributed by atoms with E-state index < -0.39 is 40.8 Å². The Labute approximate surface area is 130 Å². The standard InChI is InChI=1S/C12H14ClF3N2O3S/c1-18(5-10(17)19)22(20,21)6-8-3-2-7(4-9(8)13)11(14)12(15)16/h2-4,11-12H,5-6H2,1H3,(H2,17,19). The summed E-state index contributed by atoms with van der Waals surface area (Å²) in [5, 5.41) is -0.156. The number of halogens is 4. The van der Waals surface area contributed by atoms with E-state index in [1.807, 2.05) is 0 Å². The van der Waals surface area contributed by atoms with E-state index in [2.05, 4.69) is 0 Å². The van der Waals surface area contributed by atoms with Crippen molar-refractivity contribution < 1.29 is 26.4 Å². The molecule has 1 aromatic rings. The maximum atomic E-state index is 13.2. The molecule has 1 aromatic carbocycles. The zero-order valence-corrected chi connectivity index (χ0v) is 13.0. The Morgan fingerprint density at radius 1 is 1.36 bits per heavy atom. The Hall–Kier alpha value is -1.32. The third-order valence-electron chi connectivity index (χ3n) is 2.81. The Bertz CT molecular complexity index is 655. The van der Waals surface area contributed by atoms with Crippen molar-refractivity contribution in [2.24, 2.45) is 5.73 Å². The number of nitrogens with two attached hydrogens (primary N) is 1. The topological polar surface area (TPSA) is 80.5 Å². The summed E-state index contributed by atoms with van der Waals surface area (Å²) >= 11 is 5.81. The van der Waals surface area contributed by atoms with E-state index in [0.717, 1.165) is 29.6 Å². The number of hydrogen-bond donors (Lipinski definition) is 1. The quantitative estimate of drug-likeness (QED) is 0.807. The van der Waals surface area contributed by atoms with Crippen molar-refractivity contribution in [2.45, 2.75) is 18.3 Å². The molecule has 0 aliphatic carbocycles. The van der Waals surface area contributed by atoms with Gasteiger partial charge in [0.25, 0.3) is 6.43 Å². The minimum absolute atomic E-state index is 0.100. The van der Waals surface area contributed by atoms with Gasteiger partial charge in [-0.25, -0.2) is 21.6 Å². The van der Waals surface area contributed by atoms with E-state index in [1.165, 1.54) is 0 Å². The molecule has 0 aromatic heterocycles. The first kappa shape index (κ1) is 18.7. The van der Waals surface area contributed by atoms with Crippen LogP contribution in [0, 0.1) is 0 Å². The molecule has 124 valence electrons. The van der Waals surface area contributed by atoms with Crippen LogP contribution in [0.25, 0.3) is 0 Å². The lowest BCUT2D eigenvalue weighted by atomic mass is 10.1. The van der Waals surface area contributed by atoms with Gasteiger partial charge < -0.3 is 5.73 Å². The van der Waals surface area contributed by atoms with Gasteiger partial charge in [-0.15, -0.1) is 0 Å². The second kappa shape index (κ2) is 7.30. The number of primary amides is 1. The largest absolute Gasteiger partial charge is 0.369 e. The lowest BCUT2D eigenvalue weighted by Crippen LogP contribution is -2.36. The van der Waals surface area contributed by atoms with E-state index in [1.54, 1.807) is 0 Å². The van der Waals surface area contributed by atoms with Gasteiger partial charge in [0.15, 0.2) is 6.17 Å². The average Bonchev–Trinajstić information content (AvgIpc) is 2.39. The van der Waals surface area contributed by atoms with Crippen molar-refractivity contribution in [1.29, 1.82) is 0 Å². The van der Waals surface area contributed by atoms with Gasteiger partial charge in [-0.2, -0.15) is 4.31 Å². The Morgan fingerprint density at radius 2 is 1.95 bits per heavy atom. The van der Waals surface area contributed by atoms with E-state index in [-0.39, 0.29) is 16.1 Å². The number of benzene rings is 1. The number of amides is 1. The number of carbonyl (C=O) groups is 1. The van der Waals surface area contributed by atoms with Crippen LogP contribution in [-0.2, 0) is 20.6 Å². The van der Waals surface area contributed by atoms with Gasteiger partial charge in [-0.3, -0.25) is 4.79 Å². The summed E-state index contributed by atoms with van der Waals surface area (Å²) in [6, 6.07) is 3.15. The number of likely N-dealkylation sites (N-methyl/N-ethyl adjacent to an activating group) is 1. The first-order chi connectivity index (χ1) is 10.0. The molecule has 5 nitrogen and oxygen atoms in total. The highest BCUT2D eigenvalue weighted by Gasteiger charge is 2.24. The highest BCUT2D eigenvalue weighted by atomic mass is 35.5. The zero-order valence-electron chi connectivity index (χ0n) is 11.5. The predicted molar refractivity (Wildman–Crippen MR) is 75.8 cm³/mol. The molecular weight excluding hydrogens is 345 g/mol. The third-order valence-corrected chi connectivity index (χ3v) is 4.91. The molecule has 0 saturated heterocycles. The average molecular weight is 359 g/mol. The van der Waals surface area contributed by atoms with Crippen LogP contribution in [0.15, 0.2) is 18.2 Å². The minimum Gasteiger partial charge on any atom is -0.369 e. The molecular formula is C12H14ClF3N2O3S. The van der Waals surface area contributed by atoms with Crippen LogP contribution in [0.3, 0.4) is 0 Å². The summed E-state index contributed by atoms with van der Waals surface area (Å²) in [4.78, 5) is 10.7. The van der Waals surface area contributed by atoms with Gasteiger partial charge in [0, 0.05) is 12.1 Å². The summed E-state index contributed by atoms with van der Waals surface area (Å²) in [6.07, 6.45) is -5.70. The summed E-state index contributed by atoms with van der Waals surface area (Å²) in [5.41, 5.74) is 4.67. The summed E-state index contributed by atoms with van der Waals surface area (Å²) in [7, 11) is -2.71. The van der Waals surface area contributed by atoms with Crippen LogP contribution in [0.5, 0.6) is 0 Å². The molecule has 22 heavy (non-hydrogen) atoms. The predicted octanol–water partition coefficient (Wildman–Crippen LogP) is 1.86. The van der Waals surface area contributed by atoms with E-state index >= 15 is 0 Å². The lowest BCUT2D eigenvalue weighted by molar-refractivity contribution is -0.118. The van der Waals surface area contributed by atoms with Crippen molar-refractivity contribution in [3.8, 4) is 0 Å². The molecule has 2 N–H and O–H groups in total. The Balaban J connectivity index is 2.97. The zero-order chi connectivity index (χ0) is 17.1. The van der Waals surface area contributed by atoms with Gasteiger partial charge in [-0.05, 0) is 17.2 Å². The first-order valence-electron chi connectivity index (χ1n) is 5.97. The van der Waals surface area contributed by atoms with E-state index in [9.17, 15) is 26.4 Å². The second-order valence-electron chi connectivity index (χ2n) is 4.57. The van der Waals surface area contributed by atoms with Crippen LogP contribution in [0.2, 0.25) is 5.02 Å². The SMILES string of the molecule is CN(CC(N)=O)S(=O)(=O)Cc1ccc(C(F)C(F)F)cc1Cl. The highest BCUT2D eigenvalue weighted by molar-refractivity contribution is 7.88. The van der Waals surface area contributed by atoms with Gasteiger partial charge in [-0.1, -0.05) is 23.7 Å². The van der Waals surface area contributed by atoms with Crippen molar-refractivity contribution in [2.75, 3.05) is 13.6 Å². The van der Waals surface area contributed by atoms with Crippen LogP contribution in [0.4, 0.5) is 13.2 Å². The maximum absolute atomic E-state index is 13.2. The minimum atomic E-state index is -3.87. The number of carbonyl (C=O) groups excluding carboxylic acids is 1. The van der Waals surface area contributed by atoms with Crippen molar-refractivity contribution in [3.05, 3.63) is 34.3 Å². The molecule has 0 saturated carbocycles. The van der Waals surface area contributed by atoms with Crippen LogP contribution < -0.4 is 5.73 Å². The molecule has 1 amide bonds. The van der Waals surface area contributed by atoms with Gasteiger partial charge in [0.1, 0.15) is 0 Å².